The molecule has 1 N–H and O–H groups in total. The van der Waals surface area contributed by atoms with Crippen LogP contribution in [0, 0.1) is 0 Å². The van der Waals surface area contributed by atoms with Crippen LogP contribution in [0.3, 0.4) is 0 Å². The number of allylic oxidation sites excluding steroid dienone is 1. The number of hydrazone groups is 1. The van der Waals surface area contributed by atoms with Crippen LogP contribution in [0.5, 0.6) is 0 Å². The molecule has 7 heteroatoms. The van der Waals surface area contributed by atoms with E-state index in [1.807, 2.05) is 66.2 Å². The van der Waals surface area contributed by atoms with Gasteiger partial charge < -0.3 is 4.57 Å². The van der Waals surface area contributed by atoms with Gasteiger partial charge in [-0.1, -0.05) is 65.8 Å². The van der Waals surface area contributed by atoms with E-state index in [9.17, 15) is 4.79 Å². The van der Waals surface area contributed by atoms with E-state index in [0.29, 0.717) is 5.03 Å². The first-order valence-corrected chi connectivity index (χ1v) is 9.28. The number of halogens is 1. The zero-order valence-corrected chi connectivity index (χ0v) is 15.7. The third-order valence-electron chi connectivity index (χ3n) is 3.56. The van der Waals surface area contributed by atoms with Crippen molar-refractivity contribution in [3.05, 3.63) is 65.2 Å². The van der Waals surface area contributed by atoms with Crippen molar-refractivity contribution in [1.82, 2.24) is 15.0 Å². The second-order valence-electron chi connectivity index (χ2n) is 5.46. The summed E-state index contributed by atoms with van der Waals surface area (Å²) in [6.07, 6.45) is 3.18. The highest BCUT2D eigenvalue weighted by Crippen LogP contribution is 2.22. The minimum absolute atomic E-state index is 0.217. The average Bonchev–Trinajstić information content (AvgIpc) is 2.97. The molecule has 0 radical (unpaired) electrons. The number of hydrogen-bond acceptors (Lipinski definition) is 4. The number of nitrogens with zero attached hydrogens (tertiary/aromatic N) is 3. The smallest absolute Gasteiger partial charge is 0.250 e. The number of carbonyl (C=O) groups excluding carboxylic acids is 1. The number of thioether (sulfide) groups is 1. The standard InChI is InChI=1S/C19H17ClN4OS/c1-24-17-10-6-5-9-16(17)22-19(24)26-13-18(25)23-21-12-15(20)11-14-7-3-2-4-8-14/h2-12H,13H2,1H3,(H,23,25)/b15-11+,21-12-. The molecule has 0 aliphatic carbocycles. The lowest BCUT2D eigenvalue weighted by atomic mass is 10.2. The van der Waals surface area contributed by atoms with Crippen molar-refractivity contribution in [2.24, 2.45) is 12.1 Å². The van der Waals surface area contributed by atoms with Crippen LogP contribution in [-0.4, -0.2) is 27.4 Å². The summed E-state index contributed by atoms with van der Waals surface area (Å²) in [7, 11) is 1.93. The highest BCUT2D eigenvalue weighted by molar-refractivity contribution is 7.99. The molecule has 0 unspecified atom stereocenters. The van der Waals surface area contributed by atoms with E-state index in [1.165, 1.54) is 18.0 Å². The van der Waals surface area contributed by atoms with E-state index in [2.05, 4.69) is 15.5 Å². The van der Waals surface area contributed by atoms with E-state index in [-0.39, 0.29) is 11.7 Å². The lowest BCUT2D eigenvalue weighted by Gasteiger charge is -2.01. The van der Waals surface area contributed by atoms with Crippen molar-refractivity contribution in [2.75, 3.05) is 5.75 Å². The van der Waals surface area contributed by atoms with Gasteiger partial charge in [0.15, 0.2) is 5.16 Å². The van der Waals surface area contributed by atoms with Crippen molar-refractivity contribution in [3.8, 4) is 0 Å². The van der Waals surface area contributed by atoms with Gasteiger partial charge in [-0.25, -0.2) is 10.4 Å². The van der Waals surface area contributed by atoms with E-state index < -0.39 is 0 Å². The molecule has 0 aliphatic rings. The molecule has 1 heterocycles. The van der Waals surface area contributed by atoms with Crippen LogP contribution in [0.15, 0.2) is 69.9 Å². The summed E-state index contributed by atoms with van der Waals surface area (Å²) in [5, 5.41) is 5.09. The minimum Gasteiger partial charge on any atom is -0.322 e. The van der Waals surface area contributed by atoms with Crippen LogP contribution in [0.1, 0.15) is 5.56 Å². The van der Waals surface area contributed by atoms with Crippen LogP contribution in [0.2, 0.25) is 0 Å². The summed E-state index contributed by atoms with van der Waals surface area (Å²) in [6, 6.07) is 17.5. The number of amides is 1. The Morgan fingerprint density at radius 3 is 2.73 bits per heavy atom. The van der Waals surface area contributed by atoms with E-state index in [1.54, 1.807) is 6.08 Å². The van der Waals surface area contributed by atoms with Crippen LogP contribution >= 0.6 is 23.4 Å². The second-order valence-corrected chi connectivity index (χ2v) is 6.84. The normalized spacial score (nSPS) is 12.0. The number of hydrogen-bond donors (Lipinski definition) is 1. The molecule has 132 valence electrons. The Balaban J connectivity index is 1.52. The van der Waals surface area contributed by atoms with E-state index >= 15 is 0 Å². The summed E-state index contributed by atoms with van der Waals surface area (Å²) in [5.74, 6) is -0.00314. The predicted molar refractivity (Wildman–Crippen MR) is 108 cm³/mol. The topological polar surface area (TPSA) is 59.3 Å². The van der Waals surface area contributed by atoms with Crippen LogP contribution in [-0.2, 0) is 11.8 Å². The Morgan fingerprint density at radius 2 is 1.96 bits per heavy atom. The number of aromatic nitrogens is 2. The molecule has 0 saturated carbocycles. The number of benzene rings is 2. The number of imidazole rings is 1. The molecule has 1 aromatic heterocycles. The van der Waals surface area contributed by atoms with Gasteiger partial charge in [-0.2, -0.15) is 5.10 Å². The first kappa shape index (κ1) is 18.2. The van der Waals surface area contributed by atoms with E-state index in [4.69, 9.17) is 11.6 Å². The fraction of sp³-hybridized carbons (Fsp3) is 0.105. The molecular weight excluding hydrogens is 368 g/mol. The number of rotatable bonds is 6. The monoisotopic (exact) mass is 384 g/mol. The van der Waals surface area contributed by atoms with Gasteiger partial charge in [0.25, 0.3) is 5.91 Å². The highest BCUT2D eigenvalue weighted by Gasteiger charge is 2.09. The molecule has 1 amide bonds. The second kappa shape index (κ2) is 8.69. The maximum absolute atomic E-state index is 11.9. The molecule has 0 saturated heterocycles. The molecule has 0 aliphatic heterocycles. The Kier molecular flexibility index (Phi) is 6.09. The Bertz CT molecular complexity index is 966. The molecule has 5 nitrogen and oxygen atoms in total. The Labute approximate surface area is 160 Å². The molecule has 3 aromatic rings. The summed E-state index contributed by atoms with van der Waals surface area (Å²) >= 11 is 7.44. The summed E-state index contributed by atoms with van der Waals surface area (Å²) in [4.78, 5) is 16.5. The van der Waals surface area contributed by atoms with Gasteiger partial charge in [-0.3, -0.25) is 4.79 Å². The van der Waals surface area contributed by atoms with E-state index in [0.717, 1.165) is 21.8 Å². The quantitative estimate of drug-likeness (QED) is 0.396. The van der Waals surface area contributed by atoms with Crippen molar-refractivity contribution in [3.63, 3.8) is 0 Å². The fourth-order valence-electron chi connectivity index (χ4n) is 2.33. The minimum atomic E-state index is -0.220. The summed E-state index contributed by atoms with van der Waals surface area (Å²) in [6.45, 7) is 0. The predicted octanol–water partition coefficient (Wildman–Crippen LogP) is 4.05. The number of aryl methyl sites for hydroxylation is 1. The molecule has 2 aromatic carbocycles. The summed E-state index contributed by atoms with van der Waals surface area (Å²) < 4.78 is 1.97. The Morgan fingerprint density at radius 1 is 1.23 bits per heavy atom. The molecular formula is C19H17ClN4OS. The summed E-state index contributed by atoms with van der Waals surface area (Å²) in [5.41, 5.74) is 5.38. The third kappa shape index (κ3) is 4.74. The van der Waals surface area contributed by atoms with Crippen LogP contribution < -0.4 is 5.43 Å². The maximum Gasteiger partial charge on any atom is 0.250 e. The lowest BCUT2D eigenvalue weighted by Crippen LogP contribution is -2.19. The lowest BCUT2D eigenvalue weighted by molar-refractivity contribution is -0.118. The molecule has 26 heavy (non-hydrogen) atoms. The molecule has 0 fully saturated rings. The van der Waals surface area contributed by atoms with Gasteiger partial charge in [0, 0.05) is 7.05 Å². The zero-order valence-electron chi connectivity index (χ0n) is 14.1. The van der Waals surface area contributed by atoms with Gasteiger partial charge in [0.2, 0.25) is 0 Å². The largest absolute Gasteiger partial charge is 0.322 e. The van der Waals surface area contributed by atoms with Gasteiger partial charge >= 0.3 is 0 Å². The van der Waals surface area contributed by atoms with Gasteiger partial charge in [0.1, 0.15) is 0 Å². The van der Waals surface area contributed by atoms with Crippen LogP contribution in [0.4, 0.5) is 0 Å². The first-order chi connectivity index (χ1) is 12.6. The SMILES string of the molecule is Cn1c(SCC(=O)N/N=C\C(Cl)=C/c2ccccc2)nc2ccccc21. The molecule has 0 atom stereocenters. The van der Waals surface area contributed by atoms with Crippen molar-refractivity contribution in [1.29, 1.82) is 0 Å². The highest BCUT2D eigenvalue weighted by atomic mass is 35.5. The first-order valence-electron chi connectivity index (χ1n) is 7.92. The number of fused-ring (bicyclic) bond motifs is 1. The van der Waals surface area contributed by atoms with Crippen LogP contribution in [0.25, 0.3) is 17.1 Å². The van der Waals surface area contributed by atoms with Crippen molar-refractivity contribution >= 4 is 52.6 Å². The van der Waals surface area contributed by atoms with Gasteiger partial charge in [-0.15, -0.1) is 0 Å². The number of para-hydroxylation sites is 2. The number of nitrogens with one attached hydrogen (secondary N) is 1. The van der Waals surface area contributed by atoms with Crippen molar-refractivity contribution < 1.29 is 4.79 Å². The molecule has 0 spiro atoms. The Hall–Kier alpha value is -2.57. The van der Waals surface area contributed by atoms with Gasteiger partial charge in [-0.05, 0) is 23.8 Å². The van der Waals surface area contributed by atoms with Crippen molar-refractivity contribution in [2.45, 2.75) is 5.16 Å². The number of carbonyl (C=O) groups is 1. The average molecular weight is 385 g/mol. The fourth-order valence-corrected chi connectivity index (χ4v) is 3.28. The molecule has 3 rings (SSSR count). The molecule has 0 bridgehead atoms. The zero-order chi connectivity index (χ0) is 18.4. The van der Waals surface area contributed by atoms with Gasteiger partial charge in [0.05, 0.1) is 28.0 Å². The maximum atomic E-state index is 11.9. The third-order valence-corrected chi connectivity index (χ3v) is 4.80.